The quantitative estimate of drug-likeness (QED) is 0.488. The van der Waals surface area contributed by atoms with Crippen molar-refractivity contribution in [1.29, 1.82) is 0 Å². The van der Waals surface area contributed by atoms with Gasteiger partial charge in [-0.3, -0.25) is 0 Å². The lowest BCUT2D eigenvalue weighted by molar-refractivity contribution is -2.00. The van der Waals surface area contributed by atoms with Crippen molar-refractivity contribution in [3.8, 4) is 16.3 Å². The van der Waals surface area contributed by atoms with Gasteiger partial charge in [0.15, 0.2) is 0 Å². The van der Waals surface area contributed by atoms with Gasteiger partial charge in [0.1, 0.15) is 17.3 Å². The second kappa shape index (κ2) is 6.97. The van der Waals surface area contributed by atoms with Crippen LogP contribution in [0.15, 0.2) is 48.8 Å². The van der Waals surface area contributed by atoms with Crippen molar-refractivity contribution in [3.63, 3.8) is 0 Å². The standard InChI is InChI=1S/C13H11N2OS.ClHO4/c1-16-12-11(10-6-3-2-4-7-10)17-13-14-8-5-9-15(12)13;2-1(3,4)5/h2-9H,1H3;(H,2,3,4,5)/q+1;/p-1. The third kappa shape index (κ3) is 4.34. The van der Waals surface area contributed by atoms with E-state index in [-0.39, 0.29) is 0 Å². The molecule has 0 atom stereocenters. The molecule has 0 spiro atoms. The highest BCUT2D eigenvalue weighted by Crippen LogP contribution is 2.33. The van der Waals surface area contributed by atoms with Gasteiger partial charge >= 0.3 is 10.8 Å². The predicted octanol–water partition coefficient (Wildman–Crippen LogP) is -2.20. The second-order valence-electron chi connectivity index (χ2n) is 3.96. The van der Waals surface area contributed by atoms with Gasteiger partial charge in [-0.15, -0.1) is 10.2 Å². The van der Waals surface area contributed by atoms with Gasteiger partial charge in [-0.25, -0.2) is 18.6 Å². The van der Waals surface area contributed by atoms with Crippen LogP contribution in [0.25, 0.3) is 15.4 Å². The van der Waals surface area contributed by atoms with Gasteiger partial charge in [0, 0.05) is 6.07 Å². The van der Waals surface area contributed by atoms with Gasteiger partial charge < -0.3 is 4.74 Å². The van der Waals surface area contributed by atoms with E-state index in [1.165, 1.54) is 0 Å². The Labute approximate surface area is 132 Å². The average molecular weight is 343 g/mol. The molecule has 3 aromatic rings. The molecule has 0 aliphatic carbocycles. The number of aromatic nitrogens is 2. The number of ether oxygens (including phenoxy) is 1. The fraction of sp³-hybridized carbons (Fsp3) is 0.0769. The highest BCUT2D eigenvalue weighted by molar-refractivity contribution is 7.20. The van der Waals surface area contributed by atoms with Gasteiger partial charge in [-0.2, -0.15) is 4.40 Å². The van der Waals surface area contributed by atoms with Crippen LogP contribution in [-0.4, -0.2) is 12.1 Å². The third-order valence-corrected chi connectivity index (χ3v) is 3.65. The van der Waals surface area contributed by atoms with Crippen LogP contribution in [0.3, 0.4) is 0 Å². The van der Waals surface area contributed by atoms with Crippen molar-refractivity contribution in [2.75, 3.05) is 7.11 Å². The zero-order valence-electron chi connectivity index (χ0n) is 11.3. The maximum absolute atomic E-state index is 8.49. The summed E-state index contributed by atoms with van der Waals surface area (Å²) < 4.78 is 41.4. The monoisotopic (exact) mass is 342 g/mol. The Bertz CT molecular complexity index is 739. The molecule has 2 heterocycles. The van der Waals surface area contributed by atoms with Crippen molar-refractivity contribution in [3.05, 3.63) is 48.8 Å². The molecule has 0 bridgehead atoms. The van der Waals surface area contributed by atoms with E-state index in [0.717, 1.165) is 21.3 Å². The Morgan fingerprint density at radius 1 is 1.09 bits per heavy atom. The van der Waals surface area contributed by atoms with Crippen LogP contribution in [0.2, 0.25) is 0 Å². The molecular weight excluding hydrogens is 332 g/mol. The molecule has 3 rings (SSSR count). The normalized spacial score (nSPS) is 11.0. The van der Waals surface area contributed by atoms with Crippen LogP contribution in [0.1, 0.15) is 0 Å². The molecule has 9 heteroatoms. The largest absolute Gasteiger partial charge is 0.464 e. The zero-order valence-corrected chi connectivity index (χ0v) is 12.9. The summed E-state index contributed by atoms with van der Waals surface area (Å²) in [7, 11) is -3.26. The van der Waals surface area contributed by atoms with Crippen LogP contribution in [0, 0.1) is 10.2 Å². The Morgan fingerprint density at radius 3 is 2.32 bits per heavy atom. The van der Waals surface area contributed by atoms with Crippen LogP contribution >= 0.6 is 11.3 Å². The number of hydrogen-bond donors (Lipinski definition) is 0. The number of thiazole rings is 1. The number of halogens is 1. The molecule has 0 N–H and O–H groups in total. The van der Waals surface area contributed by atoms with Crippen molar-refractivity contribution in [2.24, 2.45) is 0 Å². The lowest BCUT2D eigenvalue weighted by Crippen LogP contribution is -2.68. The molecule has 0 aliphatic heterocycles. The lowest BCUT2D eigenvalue weighted by Gasteiger charge is -2.17. The van der Waals surface area contributed by atoms with E-state index in [2.05, 4.69) is 17.1 Å². The van der Waals surface area contributed by atoms with Gasteiger partial charge in [0.25, 0.3) is 0 Å². The Kier molecular flexibility index (Phi) is 5.24. The van der Waals surface area contributed by atoms with Crippen LogP contribution in [-0.2, 0) is 0 Å². The van der Waals surface area contributed by atoms with Gasteiger partial charge in [-0.1, -0.05) is 30.3 Å². The Hall–Kier alpha value is -1.81. The summed E-state index contributed by atoms with van der Waals surface area (Å²) in [5.74, 6) is 0.837. The first kappa shape index (κ1) is 16.6. The Balaban J connectivity index is 0.000000309. The van der Waals surface area contributed by atoms with E-state index < -0.39 is 10.2 Å². The van der Waals surface area contributed by atoms with Crippen LogP contribution in [0.4, 0.5) is 0 Å². The first-order chi connectivity index (χ1) is 10.4. The highest BCUT2D eigenvalue weighted by Gasteiger charge is 2.20. The number of benzene rings is 1. The minimum atomic E-state index is -4.94. The average Bonchev–Trinajstić information content (AvgIpc) is 2.85. The summed E-state index contributed by atoms with van der Waals surface area (Å²) in [4.78, 5) is 6.37. The molecule has 0 unspecified atom stereocenters. The molecule has 2 aromatic heterocycles. The Morgan fingerprint density at radius 2 is 1.73 bits per heavy atom. The molecular formula is C13H11ClN2O5S. The van der Waals surface area contributed by atoms with Gasteiger partial charge in [-0.05, 0) is 21.9 Å². The summed E-state index contributed by atoms with van der Waals surface area (Å²) in [6, 6.07) is 12.1. The molecule has 0 fully saturated rings. The molecule has 0 saturated carbocycles. The predicted molar refractivity (Wildman–Crippen MR) is 67.3 cm³/mol. The lowest BCUT2D eigenvalue weighted by atomic mass is 10.2. The molecule has 0 aliphatic rings. The molecule has 0 amide bonds. The first-order valence-electron chi connectivity index (χ1n) is 5.90. The topological polar surface area (TPSA) is 118 Å². The minimum absolute atomic E-state index is 0.837. The van der Waals surface area contributed by atoms with Crippen molar-refractivity contribution >= 4 is 16.3 Å². The number of fused-ring (bicyclic) bond motifs is 1. The number of methoxy groups -OCH3 is 1. The van der Waals surface area contributed by atoms with E-state index in [0.29, 0.717) is 0 Å². The summed E-state index contributed by atoms with van der Waals surface area (Å²) >= 11 is 1.63. The van der Waals surface area contributed by atoms with E-state index in [1.807, 2.05) is 34.9 Å². The van der Waals surface area contributed by atoms with Crippen LogP contribution < -0.4 is 27.8 Å². The molecule has 7 nitrogen and oxygen atoms in total. The smallest absolute Gasteiger partial charge is 0.390 e. The molecule has 116 valence electrons. The van der Waals surface area contributed by atoms with E-state index in [1.54, 1.807) is 24.6 Å². The SMILES string of the molecule is COc1c(-c2ccccc2)sc2nccc[n+]12.[O-][Cl+3]([O-])([O-])[O-]. The van der Waals surface area contributed by atoms with Crippen molar-refractivity contribution in [1.82, 2.24) is 4.98 Å². The molecule has 22 heavy (non-hydrogen) atoms. The summed E-state index contributed by atoms with van der Waals surface area (Å²) in [5.41, 5.74) is 1.15. The number of hydrogen-bond acceptors (Lipinski definition) is 7. The summed E-state index contributed by atoms with van der Waals surface area (Å²) in [6.45, 7) is 0. The fourth-order valence-electron chi connectivity index (χ4n) is 1.79. The van der Waals surface area contributed by atoms with Crippen molar-refractivity contribution < 1.29 is 38.0 Å². The highest BCUT2D eigenvalue weighted by atomic mass is 35.7. The van der Waals surface area contributed by atoms with E-state index >= 15 is 0 Å². The number of nitrogens with zero attached hydrogens (tertiary/aromatic N) is 2. The third-order valence-electron chi connectivity index (χ3n) is 2.55. The fourth-order valence-corrected chi connectivity index (χ4v) is 2.86. The summed E-state index contributed by atoms with van der Waals surface area (Å²) in [5, 5.41) is 0. The van der Waals surface area contributed by atoms with E-state index in [9.17, 15) is 0 Å². The molecule has 0 radical (unpaired) electrons. The van der Waals surface area contributed by atoms with Crippen molar-refractivity contribution in [2.45, 2.75) is 0 Å². The second-order valence-corrected chi connectivity index (χ2v) is 5.69. The number of rotatable bonds is 2. The van der Waals surface area contributed by atoms with Gasteiger partial charge in [0.05, 0.1) is 7.11 Å². The maximum Gasteiger partial charge on any atom is 0.390 e. The zero-order chi connectivity index (χ0) is 16.2. The molecule has 1 aromatic carbocycles. The summed E-state index contributed by atoms with van der Waals surface area (Å²) in [6.07, 6.45) is 3.75. The maximum atomic E-state index is 8.49. The van der Waals surface area contributed by atoms with Gasteiger partial charge in [0.2, 0.25) is 0 Å². The minimum Gasteiger partial charge on any atom is -0.464 e. The molecule has 0 saturated heterocycles. The van der Waals surface area contributed by atoms with E-state index in [4.69, 9.17) is 23.4 Å². The first-order valence-corrected chi connectivity index (χ1v) is 7.95. The van der Waals surface area contributed by atoms with Crippen LogP contribution in [0.5, 0.6) is 5.88 Å².